The van der Waals surface area contributed by atoms with E-state index in [2.05, 4.69) is 55.7 Å². The number of amides is 1. The summed E-state index contributed by atoms with van der Waals surface area (Å²) in [4.78, 5) is 11.6. The second-order valence-corrected chi connectivity index (χ2v) is 5.94. The number of likely N-dealkylation sites (N-methyl/N-ethyl adjacent to an activating group) is 1. The lowest BCUT2D eigenvalue weighted by Crippen LogP contribution is -2.41. The Balaban J connectivity index is 2.53. The maximum atomic E-state index is 11.6. The van der Waals surface area contributed by atoms with Crippen molar-refractivity contribution in [2.75, 3.05) is 6.54 Å². The molecule has 2 N–H and O–H groups in total. The summed E-state index contributed by atoms with van der Waals surface area (Å²) in [5.74, 6) is 0.0498. The van der Waals surface area contributed by atoms with Gasteiger partial charge in [-0.1, -0.05) is 45.0 Å². The molecule has 0 aliphatic heterocycles. The van der Waals surface area contributed by atoms with Gasteiger partial charge in [-0.05, 0) is 30.4 Å². The highest BCUT2D eigenvalue weighted by atomic mass is 16.2. The van der Waals surface area contributed by atoms with E-state index in [1.807, 2.05) is 13.8 Å². The van der Waals surface area contributed by atoms with Gasteiger partial charge >= 0.3 is 0 Å². The molecule has 0 saturated heterocycles. The van der Waals surface area contributed by atoms with Gasteiger partial charge in [0.1, 0.15) is 0 Å². The first-order valence-corrected chi connectivity index (χ1v) is 6.95. The van der Waals surface area contributed by atoms with Gasteiger partial charge in [0.05, 0.1) is 6.04 Å². The van der Waals surface area contributed by atoms with Gasteiger partial charge in [0.25, 0.3) is 0 Å². The number of benzene rings is 1. The van der Waals surface area contributed by atoms with E-state index >= 15 is 0 Å². The zero-order chi connectivity index (χ0) is 14.5. The van der Waals surface area contributed by atoms with Crippen LogP contribution < -0.4 is 10.6 Å². The van der Waals surface area contributed by atoms with Crippen molar-refractivity contribution < 1.29 is 4.79 Å². The molecule has 0 heterocycles. The van der Waals surface area contributed by atoms with Crippen LogP contribution in [0.2, 0.25) is 0 Å². The highest BCUT2D eigenvalue weighted by molar-refractivity contribution is 5.81. The maximum absolute atomic E-state index is 11.6. The van der Waals surface area contributed by atoms with Crippen LogP contribution >= 0.6 is 0 Å². The predicted molar refractivity (Wildman–Crippen MR) is 80.1 cm³/mol. The van der Waals surface area contributed by atoms with Gasteiger partial charge in [0.15, 0.2) is 0 Å². The zero-order valence-electron chi connectivity index (χ0n) is 12.7. The zero-order valence-corrected chi connectivity index (χ0v) is 12.7. The lowest BCUT2D eigenvalue weighted by Gasteiger charge is -2.19. The quantitative estimate of drug-likeness (QED) is 0.856. The second kappa shape index (κ2) is 6.71. The molecule has 0 aromatic heterocycles. The monoisotopic (exact) mass is 262 g/mol. The van der Waals surface area contributed by atoms with Gasteiger partial charge in [0, 0.05) is 13.1 Å². The first-order valence-electron chi connectivity index (χ1n) is 6.95. The van der Waals surface area contributed by atoms with E-state index in [1.54, 1.807) is 0 Å². The van der Waals surface area contributed by atoms with Gasteiger partial charge in [-0.15, -0.1) is 0 Å². The number of hydrogen-bond donors (Lipinski definition) is 2. The Morgan fingerprint density at radius 3 is 2.26 bits per heavy atom. The van der Waals surface area contributed by atoms with E-state index < -0.39 is 0 Å². The summed E-state index contributed by atoms with van der Waals surface area (Å²) < 4.78 is 0. The predicted octanol–water partition coefficient (Wildman–Crippen LogP) is 2.60. The van der Waals surface area contributed by atoms with Crippen molar-refractivity contribution in [3.05, 3.63) is 35.4 Å². The highest BCUT2D eigenvalue weighted by Crippen LogP contribution is 2.22. The van der Waals surface area contributed by atoms with Crippen molar-refractivity contribution in [1.29, 1.82) is 0 Å². The Kier molecular flexibility index (Phi) is 5.55. The van der Waals surface area contributed by atoms with Crippen LogP contribution in [0.3, 0.4) is 0 Å². The fourth-order valence-electron chi connectivity index (χ4n) is 1.81. The van der Waals surface area contributed by atoms with Gasteiger partial charge in [-0.3, -0.25) is 4.79 Å². The summed E-state index contributed by atoms with van der Waals surface area (Å²) in [6.45, 7) is 11.8. The Labute approximate surface area is 116 Å². The van der Waals surface area contributed by atoms with Crippen LogP contribution in [0.1, 0.15) is 45.7 Å². The minimum Gasteiger partial charge on any atom is -0.355 e. The van der Waals surface area contributed by atoms with Crippen LogP contribution in [0.15, 0.2) is 24.3 Å². The highest BCUT2D eigenvalue weighted by Gasteiger charge is 2.13. The molecule has 1 aromatic rings. The number of carbonyl (C=O) groups is 1. The summed E-state index contributed by atoms with van der Waals surface area (Å²) in [6, 6.07) is 8.40. The molecule has 0 radical (unpaired) electrons. The Hall–Kier alpha value is -1.35. The average molecular weight is 262 g/mol. The fourth-order valence-corrected chi connectivity index (χ4v) is 1.81. The molecule has 3 nitrogen and oxygen atoms in total. The van der Waals surface area contributed by atoms with E-state index in [-0.39, 0.29) is 17.4 Å². The van der Waals surface area contributed by atoms with Crippen molar-refractivity contribution in [2.45, 2.75) is 52.6 Å². The number of hydrogen-bond acceptors (Lipinski definition) is 2. The van der Waals surface area contributed by atoms with E-state index in [9.17, 15) is 4.79 Å². The third-order valence-electron chi connectivity index (χ3n) is 3.18. The molecule has 1 amide bonds. The first-order chi connectivity index (χ1) is 8.84. The SMILES string of the molecule is CCNC(=O)C(C)NCc1ccc(C(C)(C)C)cc1. The van der Waals surface area contributed by atoms with Gasteiger partial charge < -0.3 is 10.6 Å². The molecular weight excluding hydrogens is 236 g/mol. The third kappa shape index (κ3) is 5.03. The average Bonchev–Trinajstić information content (AvgIpc) is 2.35. The molecule has 1 rings (SSSR count). The molecule has 0 spiro atoms. The number of nitrogens with one attached hydrogen (secondary N) is 2. The van der Waals surface area contributed by atoms with Crippen LogP contribution in [0.5, 0.6) is 0 Å². The molecule has 0 fully saturated rings. The Morgan fingerprint density at radius 2 is 1.79 bits per heavy atom. The normalized spacial score (nSPS) is 13.1. The van der Waals surface area contributed by atoms with Gasteiger partial charge in [-0.25, -0.2) is 0 Å². The van der Waals surface area contributed by atoms with Crippen molar-refractivity contribution >= 4 is 5.91 Å². The summed E-state index contributed by atoms with van der Waals surface area (Å²) in [6.07, 6.45) is 0. The minimum atomic E-state index is -0.165. The van der Waals surface area contributed by atoms with E-state index in [0.717, 1.165) is 0 Å². The lowest BCUT2D eigenvalue weighted by molar-refractivity contribution is -0.122. The molecule has 0 bridgehead atoms. The fraction of sp³-hybridized carbons (Fsp3) is 0.562. The molecule has 1 atom stereocenters. The van der Waals surface area contributed by atoms with E-state index in [1.165, 1.54) is 11.1 Å². The molecule has 1 aromatic carbocycles. The van der Waals surface area contributed by atoms with Crippen LogP contribution in [0, 0.1) is 0 Å². The van der Waals surface area contributed by atoms with Crippen LogP contribution in [-0.4, -0.2) is 18.5 Å². The summed E-state index contributed by atoms with van der Waals surface area (Å²) >= 11 is 0. The second-order valence-electron chi connectivity index (χ2n) is 5.94. The van der Waals surface area contributed by atoms with E-state index in [0.29, 0.717) is 13.1 Å². The number of carbonyl (C=O) groups excluding carboxylic acids is 1. The summed E-state index contributed by atoms with van der Waals surface area (Å²) in [5, 5.41) is 6.04. The molecule has 0 aliphatic carbocycles. The number of rotatable bonds is 5. The van der Waals surface area contributed by atoms with Gasteiger partial charge in [-0.2, -0.15) is 0 Å². The Morgan fingerprint density at radius 1 is 1.21 bits per heavy atom. The van der Waals surface area contributed by atoms with Crippen LogP contribution in [-0.2, 0) is 16.8 Å². The maximum Gasteiger partial charge on any atom is 0.236 e. The van der Waals surface area contributed by atoms with Crippen LogP contribution in [0.4, 0.5) is 0 Å². The smallest absolute Gasteiger partial charge is 0.236 e. The van der Waals surface area contributed by atoms with E-state index in [4.69, 9.17) is 0 Å². The standard InChI is InChI=1S/C16H26N2O/c1-6-17-15(19)12(2)18-11-13-7-9-14(10-8-13)16(3,4)5/h7-10,12,18H,6,11H2,1-5H3,(H,17,19). The molecular formula is C16H26N2O. The third-order valence-corrected chi connectivity index (χ3v) is 3.18. The van der Waals surface area contributed by atoms with Crippen molar-refractivity contribution in [3.8, 4) is 0 Å². The summed E-state index contributed by atoms with van der Waals surface area (Å²) in [5.41, 5.74) is 2.71. The largest absolute Gasteiger partial charge is 0.355 e. The molecule has 1 unspecified atom stereocenters. The minimum absolute atomic E-state index is 0.0498. The Bertz CT molecular complexity index is 404. The van der Waals surface area contributed by atoms with Crippen molar-refractivity contribution in [3.63, 3.8) is 0 Å². The molecule has 0 aliphatic rings. The van der Waals surface area contributed by atoms with Crippen molar-refractivity contribution in [1.82, 2.24) is 10.6 Å². The van der Waals surface area contributed by atoms with Crippen molar-refractivity contribution in [2.24, 2.45) is 0 Å². The topological polar surface area (TPSA) is 41.1 Å². The van der Waals surface area contributed by atoms with Crippen LogP contribution in [0.25, 0.3) is 0 Å². The summed E-state index contributed by atoms with van der Waals surface area (Å²) in [7, 11) is 0. The molecule has 106 valence electrons. The molecule has 0 saturated carbocycles. The molecule has 3 heteroatoms. The van der Waals surface area contributed by atoms with Gasteiger partial charge in [0.2, 0.25) is 5.91 Å². The first kappa shape index (κ1) is 15.7. The molecule has 19 heavy (non-hydrogen) atoms. The lowest BCUT2D eigenvalue weighted by atomic mass is 9.87.